The number of hydrogen-bond donors (Lipinski definition) is 2. The molecule has 0 aromatic heterocycles. The number of likely N-dealkylation sites (tertiary alicyclic amines) is 1. The summed E-state index contributed by atoms with van der Waals surface area (Å²) in [5.74, 6) is 0.914. The first-order valence-electron chi connectivity index (χ1n) is 7.52. The average molecular weight is 269 g/mol. The first kappa shape index (κ1) is 16.4. The molecule has 1 heterocycles. The van der Waals surface area contributed by atoms with Crippen LogP contribution in [0, 0.1) is 5.92 Å². The molecule has 1 amide bonds. The van der Waals surface area contributed by atoms with E-state index in [-0.39, 0.29) is 17.5 Å². The number of hydrogen-bond acceptors (Lipinski definition) is 3. The van der Waals surface area contributed by atoms with Crippen LogP contribution in [0.3, 0.4) is 0 Å². The van der Waals surface area contributed by atoms with Gasteiger partial charge in [-0.15, -0.1) is 0 Å². The third-order valence-corrected chi connectivity index (χ3v) is 3.73. The molecular weight excluding hydrogens is 238 g/mol. The van der Waals surface area contributed by atoms with Crippen LogP contribution in [-0.4, -0.2) is 49.1 Å². The van der Waals surface area contributed by atoms with Crippen LogP contribution in [0.5, 0.6) is 0 Å². The van der Waals surface area contributed by atoms with E-state index in [4.69, 9.17) is 0 Å². The predicted octanol–water partition coefficient (Wildman–Crippen LogP) is 1.61. The highest BCUT2D eigenvalue weighted by Gasteiger charge is 2.20. The Balaban J connectivity index is 2.16. The summed E-state index contributed by atoms with van der Waals surface area (Å²) >= 11 is 0. The lowest BCUT2D eigenvalue weighted by Crippen LogP contribution is -2.49. The minimum atomic E-state index is -0.152. The average Bonchev–Trinajstić information content (AvgIpc) is 2.29. The van der Waals surface area contributed by atoms with Crippen molar-refractivity contribution in [1.82, 2.24) is 15.5 Å². The van der Waals surface area contributed by atoms with Gasteiger partial charge in [0.1, 0.15) is 0 Å². The van der Waals surface area contributed by atoms with Gasteiger partial charge in [-0.25, -0.2) is 0 Å². The summed E-state index contributed by atoms with van der Waals surface area (Å²) in [5, 5.41) is 6.34. The molecule has 0 aromatic rings. The van der Waals surface area contributed by atoms with E-state index in [2.05, 4.69) is 22.6 Å². The van der Waals surface area contributed by atoms with Crippen molar-refractivity contribution < 1.29 is 4.79 Å². The Labute approximate surface area is 118 Å². The molecule has 4 heteroatoms. The summed E-state index contributed by atoms with van der Waals surface area (Å²) in [4.78, 5) is 14.3. The van der Waals surface area contributed by atoms with Gasteiger partial charge in [0, 0.05) is 5.54 Å². The van der Waals surface area contributed by atoms with Crippen LogP contribution in [0.4, 0.5) is 0 Å². The van der Waals surface area contributed by atoms with Crippen LogP contribution in [0.25, 0.3) is 0 Å². The second kappa shape index (κ2) is 7.25. The van der Waals surface area contributed by atoms with Crippen LogP contribution in [0.15, 0.2) is 0 Å². The van der Waals surface area contributed by atoms with Crippen LogP contribution < -0.4 is 10.6 Å². The van der Waals surface area contributed by atoms with Crippen molar-refractivity contribution in [3.05, 3.63) is 0 Å². The van der Waals surface area contributed by atoms with Crippen molar-refractivity contribution in [3.63, 3.8) is 0 Å². The Morgan fingerprint density at radius 2 is 1.89 bits per heavy atom. The Morgan fingerprint density at radius 1 is 1.32 bits per heavy atom. The Hall–Kier alpha value is -0.610. The van der Waals surface area contributed by atoms with E-state index >= 15 is 0 Å². The van der Waals surface area contributed by atoms with E-state index in [1.165, 1.54) is 32.4 Å². The molecule has 4 nitrogen and oxygen atoms in total. The molecule has 0 spiro atoms. The molecular formula is C15H31N3O. The number of nitrogens with one attached hydrogen (secondary N) is 2. The predicted molar refractivity (Wildman–Crippen MR) is 80.2 cm³/mol. The fourth-order valence-electron chi connectivity index (χ4n) is 2.43. The highest BCUT2D eigenvalue weighted by molar-refractivity contribution is 5.81. The highest BCUT2D eigenvalue weighted by atomic mass is 16.2. The standard InChI is InChI=1S/C15H31N3O/c1-12(14(19)17-15(2,3)4)16-9-6-13-7-10-18(5)11-8-13/h12-13,16H,6-11H2,1-5H3,(H,17,19). The molecule has 1 atom stereocenters. The Morgan fingerprint density at radius 3 is 2.42 bits per heavy atom. The quantitative estimate of drug-likeness (QED) is 0.797. The maximum atomic E-state index is 11.9. The Bertz CT molecular complexity index is 278. The fourth-order valence-corrected chi connectivity index (χ4v) is 2.43. The lowest BCUT2D eigenvalue weighted by atomic mass is 9.94. The molecule has 0 aromatic carbocycles. The van der Waals surface area contributed by atoms with Gasteiger partial charge in [0.25, 0.3) is 0 Å². The molecule has 1 unspecified atom stereocenters. The zero-order valence-electron chi connectivity index (χ0n) is 13.3. The molecule has 1 fully saturated rings. The van der Waals surface area contributed by atoms with Gasteiger partial charge in [0.05, 0.1) is 6.04 Å². The second-order valence-corrected chi connectivity index (χ2v) is 6.95. The van der Waals surface area contributed by atoms with Gasteiger partial charge < -0.3 is 15.5 Å². The summed E-state index contributed by atoms with van der Waals surface area (Å²) in [6.07, 6.45) is 3.77. The molecule has 1 saturated heterocycles. The normalized spacial score (nSPS) is 20.3. The van der Waals surface area contributed by atoms with E-state index in [1.807, 2.05) is 27.7 Å². The number of rotatable bonds is 5. The zero-order chi connectivity index (χ0) is 14.5. The minimum Gasteiger partial charge on any atom is -0.350 e. The molecule has 1 aliphatic rings. The van der Waals surface area contributed by atoms with Crippen molar-refractivity contribution in [2.24, 2.45) is 5.92 Å². The van der Waals surface area contributed by atoms with Crippen molar-refractivity contribution >= 4 is 5.91 Å². The fraction of sp³-hybridized carbons (Fsp3) is 0.933. The number of carbonyl (C=O) groups excluding carboxylic acids is 1. The van der Waals surface area contributed by atoms with Gasteiger partial charge in [-0.1, -0.05) is 0 Å². The summed E-state index contributed by atoms with van der Waals surface area (Å²) in [7, 11) is 2.19. The molecule has 0 saturated carbocycles. The molecule has 0 radical (unpaired) electrons. The first-order chi connectivity index (χ1) is 8.78. The topological polar surface area (TPSA) is 44.4 Å². The number of amides is 1. The van der Waals surface area contributed by atoms with Gasteiger partial charge in [0.15, 0.2) is 0 Å². The molecule has 2 N–H and O–H groups in total. The van der Waals surface area contributed by atoms with Gasteiger partial charge in [-0.05, 0) is 79.6 Å². The monoisotopic (exact) mass is 269 g/mol. The summed E-state index contributed by atoms with van der Waals surface area (Å²) < 4.78 is 0. The van der Waals surface area contributed by atoms with Crippen molar-refractivity contribution in [3.8, 4) is 0 Å². The van der Waals surface area contributed by atoms with Crippen LogP contribution in [0.1, 0.15) is 47.0 Å². The third-order valence-electron chi connectivity index (χ3n) is 3.73. The molecule has 0 bridgehead atoms. The van der Waals surface area contributed by atoms with E-state index in [0.29, 0.717) is 0 Å². The van der Waals surface area contributed by atoms with E-state index in [0.717, 1.165) is 12.5 Å². The number of carbonyl (C=O) groups is 1. The lowest BCUT2D eigenvalue weighted by molar-refractivity contribution is -0.124. The van der Waals surface area contributed by atoms with Crippen molar-refractivity contribution in [2.45, 2.75) is 58.5 Å². The van der Waals surface area contributed by atoms with Crippen LogP contribution in [0.2, 0.25) is 0 Å². The lowest BCUT2D eigenvalue weighted by Gasteiger charge is -2.29. The molecule has 112 valence electrons. The van der Waals surface area contributed by atoms with Gasteiger partial charge >= 0.3 is 0 Å². The number of nitrogens with zero attached hydrogens (tertiary/aromatic N) is 1. The smallest absolute Gasteiger partial charge is 0.237 e. The minimum absolute atomic E-state index is 0.0934. The van der Waals surface area contributed by atoms with Gasteiger partial charge in [-0.2, -0.15) is 0 Å². The van der Waals surface area contributed by atoms with Crippen LogP contribution >= 0.6 is 0 Å². The van der Waals surface area contributed by atoms with Gasteiger partial charge in [0.2, 0.25) is 5.91 Å². The maximum Gasteiger partial charge on any atom is 0.237 e. The van der Waals surface area contributed by atoms with Crippen LogP contribution in [-0.2, 0) is 4.79 Å². The van der Waals surface area contributed by atoms with Crippen molar-refractivity contribution in [2.75, 3.05) is 26.7 Å². The van der Waals surface area contributed by atoms with E-state index in [1.54, 1.807) is 0 Å². The second-order valence-electron chi connectivity index (χ2n) is 6.95. The van der Waals surface area contributed by atoms with E-state index < -0.39 is 0 Å². The highest BCUT2D eigenvalue weighted by Crippen LogP contribution is 2.18. The SMILES string of the molecule is CC(NCCC1CCN(C)CC1)C(=O)NC(C)(C)C. The molecule has 1 aliphatic heterocycles. The maximum absolute atomic E-state index is 11.9. The third kappa shape index (κ3) is 6.92. The Kier molecular flexibility index (Phi) is 6.27. The van der Waals surface area contributed by atoms with Crippen molar-refractivity contribution in [1.29, 1.82) is 0 Å². The van der Waals surface area contributed by atoms with Gasteiger partial charge in [-0.3, -0.25) is 4.79 Å². The summed E-state index contributed by atoms with van der Waals surface area (Å²) in [6.45, 7) is 11.3. The summed E-state index contributed by atoms with van der Waals surface area (Å²) in [6, 6.07) is -0.106. The summed E-state index contributed by atoms with van der Waals surface area (Å²) in [5.41, 5.74) is -0.152. The van der Waals surface area contributed by atoms with E-state index in [9.17, 15) is 4.79 Å². The molecule has 1 rings (SSSR count). The molecule has 0 aliphatic carbocycles. The number of piperidine rings is 1. The first-order valence-corrected chi connectivity index (χ1v) is 7.52. The zero-order valence-corrected chi connectivity index (χ0v) is 13.3. The largest absolute Gasteiger partial charge is 0.350 e. The molecule has 19 heavy (non-hydrogen) atoms.